The Labute approximate surface area is 174 Å². The van der Waals surface area contributed by atoms with Crippen LogP contribution in [-0.4, -0.2) is 34.0 Å². The molecule has 6 nitrogen and oxygen atoms in total. The molecule has 3 heterocycles. The predicted octanol–water partition coefficient (Wildman–Crippen LogP) is 4.20. The van der Waals surface area contributed by atoms with Gasteiger partial charge in [0, 0.05) is 6.54 Å². The van der Waals surface area contributed by atoms with Crippen molar-refractivity contribution in [2.75, 3.05) is 13.1 Å². The van der Waals surface area contributed by atoms with E-state index < -0.39 is 0 Å². The minimum absolute atomic E-state index is 0.00257. The molecule has 2 atom stereocenters. The smallest absolute Gasteiger partial charge is 0.241 e. The Morgan fingerprint density at radius 2 is 2.17 bits per heavy atom. The number of thiophene rings is 1. The number of hydrogen-bond acceptors (Lipinski definition) is 6. The highest BCUT2D eigenvalue weighted by molar-refractivity contribution is 7.13. The third-order valence-electron chi connectivity index (χ3n) is 5.38. The summed E-state index contributed by atoms with van der Waals surface area (Å²) in [6.07, 6.45) is 1.90. The number of rotatable bonds is 6. The summed E-state index contributed by atoms with van der Waals surface area (Å²) in [5.41, 5.74) is 2.35. The van der Waals surface area contributed by atoms with E-state index >= 15 is 0 Å². The van der Waals surface area contributed by atoms with E-state index in [9.17, 15) is 4.79 Å². The number of piperidine rings is 1. The number of carbonyl (C=O) groups is 1. The number of hydrogen-bond donors (Lipinski definition) is 1. The zero-order valence-corrected chi connectivity index (χ0v) is 17.6. The maximum absolute atomic E-state index is 12.8. The van der Waals surface area contributed by atoms with E-state index in [0.717, 1.165) is 29.8 Å². The summed E-state index contributed by atoms with van der Waals surface area (Å²) in [7, 11) is 0. The van der Waals surface area contributed by atoms with Crippen LogP contribution in [0.15, 0.2) is 46.3 Å². The molecule has 1 saturated heterocycles. The van der Waals surface area contributed by atoms with Crippen molar-refractivity contribution in [2.45, 2.75) is 39.3 Å². The van der Waals surface area contributed by atoms with Crippen molar-refractivity contribution < 1.29 is 9.32 Å². The highest BCUT2D eigenvalue weighted by atomic mass is 32.1. The fourth-order valence-corrected chi connectivity index (χ4v) is 4.35. The number of aryl methyl sites for hydroxylation is 1. The summed E-state index contributed by atoms with van der Waals surface area (Å²) < 4.78 is 5.42. The molecule has 2 unspecified atom stereocenters. The summed E-state index contributed by atoms with van der Waals surface area (Å²) in [6, 6.07) is 12.3. The Morgan fingerprint density at radius 3 is 2.93 bits per heavy atom. The number of amides is 1. The maximum atomic E-state index is 12.8. The van der Waals surface area contributed by atoms with Gasteiger partial charge in [-0.1, -0.05) is 41.1 Å². The number of nitrogens with one attached hydrogen (secondary N) is 1. The standard InChI is InChI=1S/C22H26N4O2S/c1-15-7-9-17(10-8-15)16(2)23-22(27)18-5-3-11-26(13-18)14-20-24-21(25-28-20)19-6-4-12-29-19/h4,6-10,12,16,18H,3,5,11,13-14H2,1-2H3,(H,23,27). The number of aromatic nitrogens is 2. The van der Waals surface area contributed by atoms with E-state index in [-0.39, 0.29) is 17.9 Å². The zero-order chi connectivity index (χ0) is 20.2. The molecular weight excluding hydrogens is 384 g/mol. The molecule has 1 amide bonds. The molecule has 1 aliphatic rings. The second-order valence-corrected chi connectivity index (χ2v) is 8.65. The molecule has 0 aliphatic carbocycles. The van der Waals surface area contributed by atoms with Gasteiger partial charge in [0.2, 0.25) is 17.6 Å². The first-order chi connectivity index (χ1) is 14.1. The van der Waals surface area contributed by atoms with Crippen molar-refractivity contribution >= 4 is 17.2 Å². The molecule has 1 aliphatic heterocycles. The summed E-state index contributed by atoms with van der Waals surface area (Å²) in [6.45, 7) is 6.33. The summed E-state index contributed by atoms with van der Waals surface area (Å²) >= 11 is 1.59. The molecule has 1 N–H and O–H groups in total. The Morgan fingerprint density at radius 1 is 1.34 bits per heavy atom. The fourth-order valence-electron chi connectivity index (χ4n) is 3.70. The minimum atomic E-state index is -0.0173. The van der Waals surface area contributed by atoms with E-state index in [1.165, 1.54) is 5.56 Å². The summed E-state index contributed by atoms with van der Waals surface area (Å²) in [4.78, 5) is 20.6. The molecule has 3 aromatic rings. The van der Waals surface area contributed by atoms with Crippen LogP contribution in [0, 0.1) is 12.8 Å². The second-order valence-electron chi connectivity index (χ2n) is 7.70. The Balaban J connectivity index is 1.33. The van der Waals surface area contributed by atoms with E-state index in [4.69, 9.17) is 4.52 Å². The van der Waals surface area contributed by atoms with Crippen LogP contribution in [0.2, 0.25) is 0 Å². The molecule has 0 saturated carbocycles. The SMILES string of the molecule is Cc1ccc(C(C)NC(=O)C2CCCN(Cc3nc(-c4cccs4)no3)C2)cc1. The normalized spacial score (nSPS) is 18.5. The largest absolute Gasteiger partial charge is 0.349 e. The van der Waals surface area contributed by atoms with Crippen molar-refractivity contribution in [1.82, 2.24) is 20.4 Å². The molecule has 0 bridgehead atoms. The first-order valence-corrected chi connectivity index (χ1v) is 10.9. The molecule has 0 spiro atoms. The number of likely N-dealkylation sites (tertiary alicyclic amines) is 1. The molecule has 29 heavy (non-hydrogen) atoms. The van der Waals surface area contributed by atoms with E-state index in [0.29, 0.717) is 24.8 Å². The second kappa shape index (κ2) is 8.88. The zero-order valence-electron chi connectivity index (χ0n) is 16.8. The third kappa shape index (κ3) is 4.92. The van der Waals surface area contributed by atoms with Gasteiger partial charge in [-0.2, -0.15) is 4.98 Å². The number of carbonyl (C=O) groups excluding carboxylic acids is 1. The van der Waals surface area contributed by atoms with Gasteiger partial charge in [0.15, 0.2) is 0 Å². The van der Waals surface area contributed by atoms with Crippen LogP contribution in [0.1, 0.15) is 42.8 Å². The van der Waals surface area contributed by atoms with Gasteiger partial charge < -0.3 is 9.84 Å². The molecule has 7 heteroatoms. The topological polar surface area (TPSA) is 71.3 Å². The quantitative estimate of drug-likeness (QED) is 0.660. The van der Waals surface area contributed by atoms with Gasteiger partial charge in [0.05, 0.1) is 23.4 Å². The molecule has 2 aromatic heterocycles. The Hall–Kier alpha value is -2.51. The first-order valence-electron chi connectivity index (χ1n) is 10.0. The summed E-state index contributed by atoms with van der Waals surface area (Å²) in [5, 5.41) is 9.25. The van der Waals surface area contributed by atoms with Gasteiger partial charge in [0.1, 0.15) is 0 Å². The van der Waals surface area contributed by atoms with Gasteiger partial charge in [-0.05, 0) is 50.2 Å². The van der Waals surface area contributed by atoms with Gasteiger partial charge in [-0.15, -0.1) is 11.3 Å². The van der Waals surface area contributed by atoms with Crippen molar-refractivity contribution in [3.63, 3.8) is 0 Å². The van der Waals surface area contributed by atoms with E-state index in [1.807, 2.05) is 24.4 Å². The van der Waals surface area contributed by atoms with Crippen LogP contribution in [-0.2, 0) is 11.3 Å². The molecule has 0 radical (unpaired) electrons. The third-order valence-corrected chi connectivity index (χ3v) is 6.25. The molecule has 4 rings (SSSR count). The Bertz CT molecular complexity index is 936. The van der Waals surface area contributed by atoms with Gasteiger partial charge in [-0.25, -0.2) is 0 Å². The lowest BCUT2D eigenvalue weighted by atomic mass is 9.96. The lowest BCUT2D eigenvalue weighted by Gasteiger charge is -2.31. The van der Waals surface area contributed by atoms with Crippen molar-refractivity contribution in [2.24, 2.45) is 5.92 Å². The first kappa shape index (κ1) is 19.8. The highest BCUT2D eigenvalue weighted by Gasteiger charge is 2.27. The van der Waals surface area contributed by atoms with Crippen LogP contribution in [0.4, 0.5) is 0 Å². The van der Waals surface area contributed by atoms with Gasteiger partial charge in [0.25, 0.3) is 0 Å². The van der Waals surface area contributed by atoms with Gasteiger partial charge >= 0.3 is 0 Å². The van der Waals surface area contributed by atoms with Crippen molar-refractivity contribution in [3.05, 3.63) is 58.8 Å². The Kier molecular flexibility index (Phi) is 6.06. The van der Waals surface area contributed by atoms with Gasteiger partial charge in [-0.3, -0.25) is 9.69 Å². The average Bonchev–Trinajstić information content (AvgIpc) is 3.40. The average molecular weight is 411 g/mol. The number of benzene rings is 1. The van der Waals surface area contributed by atoms with Crippen LogP contribution >= 0.6 is 11.3 Å². The van der Waals surface area contributed by atoms with Crippen molar-refractivity contribution in [3.8, 4) is 10.7 Å². The lowest BCUT2D eigenvalue weighted by Crippen LogP contribution is -2.43. The van der Waals surface area contributed by atoms with Crippen molar-refractivity contribution in [1.29, 1.82) is 0 Å². The molecule has 1 aromatic carbocycles. The monoisotopic (exact) mass is 410 g/mol. The highest BCUT2D eigenvalue weighted by Crippen LogP contribution is 2.23. The summed E-state index contributed by atoms with van der Waals surface area (Å²) in [5.74, 6) is 1.33. The molecular formula is C22H26N4O2S. The minimum Gasteiger partial charge on any atom is -0.349 e. The predicted molar refractivity (Wildman–Crippen MR) is 113 cm³/mol. The molecule has 152 valence electrons. The van der Waals surface area contributed by atoms with E-state index in [2.05, 4.69) is 51.5 Å². The van der Waals surface area contributed by atoms with E-state index in [1.54, 1.807) is 11.3 Å². The van der Waals surface area contributed by atoms with Crippen LogP contribution in [0.25, 0.3) is 10.7 Å². The molecule has 1 fully saturated rings. The lowest BCUT2D eigenvalue weighted by molar-refractivity contribution is -0.127. The maximum Gasteiger partial charge on any atom is 0.241 e. The van der Waals surface area contributed by atoms with Crippen LogP contribution in [0.5, 0.6) is 0 Å². The fraction of sp³-hybridized carbons (Fsp3) is 0.409. The number of nitrogens with zero attached hydrogens (tertiary/aromatic N) is 3. The van der Waals surface area contributed by atoms with Crippen LogP contribution in [0.3, 0.4) is 0 Å². The van der Waals surface area contributed by atoms with Crippen LogP contribution < -0.4 is 5.32 Å².